The highest BCUT2D eigenvalue weighted by molar-refractivity contribution is 6.11. The molecule has 0 aliphatic rings. The minimum atomic E-state index is 0.549. The Bertz CT molecular complexity index is 2850. The minimum absolute atomic E-state index is 0.549. The van der Waals surface area contributed by atoms with E-state index in [1.165, 1.54) is 10.8 Å². The van der Waals surface area contributed by atoms with Gasteiger partial charge < -0.3 is 9.13 Å². The fourth-order valence-corrected chi connectivity index (χ4v) is 7.49. The van der Waals surface area contributed by atoms with E-state index in [2.05, 4.69) is 118 Å². The van der Waals surface area contributed by atoms with Crippen molar-refractivity contribution in [2.24, 2.45) is 0 Å². The molecule has 0 saturated carbocycles. The van der Waals surface area contributed by atoms with E-state index in [-0.39, 0.29) is 0 Å². The molecule has 0 spiro atoms. The zero-order chi connectivity index (χ0) is 33.8. The van der Waals surface area contributed by atoms with Gasteiger partial charge in [-0.05, 0) is 83.9 Å². The smallest absolute Gasteiger partial charge is 0.0998 e. The molecule has 2 heterocycles. The van der Waals surface area contributed by atoms with Crippen LogP contribution in [0.1, 0.15) is 16.7 Å². The lowest BCUT2D eigenvalue weighted by Gasteiger charge is -2.18. The highest BCUT2D eigenvalue weighted by Gasteiger charge is 2.21. The molecule has 9 rings (SSSR count). The molecule has 0 saturated heterocycles. The molecule has 50 heavy (non-hydrogen) atoms. The zero-order valence-electron chi connectivity index (χ0n) is 26.7. The first kappa shape index (κ1) is 28.8. The van der Waals surface area contributed by atoms with Crippen molar-refractivity contribution < 1.29 is 0 Å². The Morgan fingerprint density at radius 1 is 0.400 bits per heavy atom. The maximum atomic E-state index is 10.6. The molecule has 7 aromatic carbocycles. The van der Waals surface area contributed by atoms with Crippen LogP contribution in [-0.2, 0) is 0 Å². The van der Waals surface area contributed by atoms with Crippen molar-refractivity contribution in [2.75, 3.05) is 0 Å². The summed E-state index contributed by atoms with van der Waals surface area (Å²) in [6, 6.07) is 57.8. The average Bonchev–Trinajstić information content (AvgIpc) is 3.69. The molecule has 0 N–H and O–H groups in total. The van der Waals surface area contributed by atoms with Gasteiger partial charge in [-0.15, -0.1) is 0 Å². The highest BCUT2D eigenvalue weighted by Crippen LogP contribution is 2.42. The molecule has 5 nitrogen and oxygen atoms in total. The van der Waals surface area contributed by atoms with Crippen LogP contribution in [0.2, 0.25) is 0 Å². The Labute approximate surface area is 287 Å². The third-order valence-corrected chi connectivity index (χ3v) is 9.62. The van der Waals surface area contributed by atoms with Gasteiger partial charge in [0.1, 0.15) is 0 Å². The Morgan fingerprint density at radius 2 is 0.960 bits per heavy atom. The molecular formula is C45H25N5. The normalized spacial score (nSPS) is 11.1. The van der Waals surface area contributed by atoms with Gasteiger partial charge in [0, 0.05) is 38.4 Å². The topological polar surface area (TPSA) is 81.2 Å². The minimum Gasteiger partial charge on any atom is -0.309 e. The maximum Gasteiger partial charge on any atom is 0.0998 e. The first-order chi connectivity index (χ1) is 24.7. The highest BCUT2D eigenvalue weighted by atomic mass is 15.0. The van der Waals surface area contributed by atoms with Crippen LogP contribution in [0.4, 0.5) is 0 Å². The van der Waals surface area contributed by atoms with Crippen LogP contribution < -0.4 is 0 Å². The lowest BCUT2D eigenvalue weighted by molar-refractivity contribution is 1.18. The summed E-state index contributed by atoms with van der Waals surface area (Å²) in [4.78, 5) is 0. The third kappa shape index (κ3) is 4.31. The molecule has 5 heteroatoms. The van der Waals surface area contributed by atoms with Crippen molar-refractivity contribution in [3.05, 3.63) is 168 Å². The van der Waals surface area contributed by atoms with Gasteiger partial charge in [-0.1, -0.05) is 78.9 Å². The fourth-order valence-electron chi connectivity index (χ4n) is 7.49. The van der Waals surface area contributed by atoms with Crippen molar-refractivity contribution in [2.45, 2.75) is 0 Å². The monoisotopic (exact) mass is 635 g/mol. The second-order valence-electron chi connectivity index (χ2n) is 12.3. The Balaban J connectivity index is 1.30. The van der Waals surface area contributed by atoms with E-state index in [0.717, 1.165) is 66.5 Å². The number of rotatable bonds is 4. The zero-order valence-corrected chi connectivity index (χ0v) is 26.7. The number of aromatic nitrogens is 2. The number of nitrogens with zero attached hydrogens (tertiary/aromatic N) is 5. The van der Waals surface area contributed by atoms with E-state index < -0.39 is 0 Å². The molecule has 0 atom stereocenters. The second-order valence-corrected chi connectivity index (χ2v) is 12.3. The Kier molecular flexibility index (Phi) is 6.56. The summed E-state index contributed by atoms with van der Waals surface area (Å²) in [5.74, 6) is 0. The Morgan fingerprint density at radius 3 is 1.60 bits per heavy atom. The first-order valence-corrected chi connectivity index (χ1v) is 16.3. The number of hydrogen-bond donors (Lipinski definition) is 0. The number of fused-ring (bicyclic) bond motifs is 6. The summed E-state index contributed by atoms with van der Waals surface area (Å²) in [5.41, 5.74) is 11.3. The van der Waals surface area contributed by atoms with Crippen molar-refractivity contribution in [1.82, 2.24) is 9.13 Å². The van der Waals surface area contributed by atoms with Crippen molar-refractivity contribution in [3.8, 4) is 51.8 Å². The van der Waals surface area contributed by atoms with Gasteiger partial charge in [0.15, 0.2) is 0 Å². The second kappa shape index (κ2) is 11.4. The van der Waals surface area contributed by atoms with Gasteiger partial charge in [0.05, 0.1) is 62.7 Å². The van der Waals surface area contributed by atoms with Crippen LogP contribution in [-0.4, -0.2) is 9.13 Å². The third-order valence-electron chi connectivity index (χ3n) is 9.62. The lowest BCUT2D eigenvalue weighted by Crippen LogP contribution is -2.00. The molecule has 0 bridgehead atoms. The van der Waals surface area contributed by atoms with E-state index in [0.29, 0.717) is 16.7 Å². The molecule has 9 aromatic rings. The van der Waals surface area contributed by atoms with E-state index in [9.17, 15) is 15.8 Å². The van der Waals surface area contributed by atoms with Gasteiger partial charge in [0.2, 0.25) is 0 Å². The van der Waals surface area contributed by atoms with E-state index in [4.69, 9.17) is 0 Å². The number of benzene rings is 7. The summed E-state index contributed by atoms with van der Waals surface area (Å²) >= 11 is 0. The van der Waals surface area contributed by atoms with Crippen LogP contribution in [0.3, 0.4) is 0 Å². The molecule has 0 aliphatic carbocycles. The summed E-state index contributed by atoms with van der Waals surface area (Å²) in [7, 11) is 0. The van der Waals surface area contributed by atoms with Gasteiger partial charge >= 0.3 is 0 Å². The van der Waals surface area contributed by atoms with Gasteiger partial charge in [-0.2, -0.15) is 15.8 Å². The molecule has 0 radical (unpaired) electrons. The van der Waals surface area contributed by atoms with Gasteiger partial charge in [-0.25, -0.2) is 0 Å². The van der Waals surface area contributed by atoms with E-state index >= 15 is 0 Å². The molecular weight excluding hydrogens is 611 g/mol. The first-order valence-electron chi connectivity index (χ1n) is 16.3. The fraction of sp³-hybridized carbons (Fsp3) is 0. The van der Waals surface area contributed by atoms with Crippen LogP contribution in [0.15, 0.2) is 152 Å². The van der Waals surface area contributed by atoms with Crippen LogP contribution in [0.25, 0.3) is 77.2 Å². The SMILES string of the molecule is N#Cc1ccc2c(c1)c1cc(C#N)ccc1n2-c1ccccc1-c1c(C#N)cccc1-c1cccc(-n2c3ccccc3c3ccccc32)c1. The number of hydrogen-bond acceptors (Lipinski definition) is 3. The number of para-hydroxylation sites is 3. The summed E-state index contributed by atoms with van der Waals surface area (Å²) in [5, 5.41) is 34.2. The summed E-state index contributed by atoms with van der Waals surface area (Å²) < 4.78 is 4.48. The molecule has 2 aromatic heterocycles. The molecule has 0 fully saturated rings. The summed E-state index contributed by atoms with van der Waals surface area (Å²) in [6.45, 7) is 0. The van der Waals surface area contributed by atoms with Crippen molar-refractivity contribution >= 4 is 43.6 Å². The molecule has 0 aliphatic heterocycles. The maximum absolute atomic E-state index is 10.6. The summed E-state index contributed by atoms with van der Waals surface area (Å²) in [6.07, 6.45) is 0. The number of nitriles is 3. The van der Waals surface area contributed by atoms with Gasteiger partial charge in [-0.3, -0.25) is 0 Å². The average molecular weight is 636 g/mol. The Hall–Kier alpha value is -7.39. The quantitative estimate of drug-likeness (QED) is 0.193. The lowest BCUT2D eigenvalue weighted by atomic mass is 9.89. The van der Waals surface area contributed by atoms with E-state index in [1.807, 2.05) is 60.7 Å². The van der Waals surface area contributed by atoms with Crippen molar-refractivity contribution in [1.29, 1.82) is 15.8 Å². The standard InChI is InChI=1S/C45H25N5/c46-26-29-19-21-43-38(23-29)39-24-30(27-47)20-22-44(39)50(43)42-18-6-3-14-37(42)45-32(28-48)10-8-15-34(45)31-9-7-11-33(25-31)49-40-16-4-1-12-35(40)36-13-2-5-17-41(36)49/h1-25H. The van der Waals surface area contributed by atoms with Crippen LogP contribution >= 0.6 is 0 Å². The van der Waals surface area contributed by atoms with Crippen molar-refractivity contribution in [3.63, 3.8) is 0 Å². The van der Waals surface area contributed by atoms with Crippen LogP contribution in [0.5, 0.6) is 0 Å². The molecule has 0 amide bonds. The predicted molar refractivity (Wildman–Crippen MR) is 200 cm³/mol. The van der Waals surface area contributed by atoms with Gasteiger partial charge in [0.25, 0.3) is 0 Å². The largest absolute Gasteiger partial charge is 0.309 e. The molecule has 230 valence electrons. The van der Waals surface area contributed by atoms with E-state index in [1.54, 1.807) is 0 Å². The molecule has 0 unspecified atom stereocenters. The predicted octanol–water partition coefficient (Wildman–Crippen LogP) is 10.8. The van der Waals surface area contributed by atoms with Crippen LogP contribution in [0, 0.1) is 34.0 Å².